The number of urea groups is 1. The lowest BCUT2D eigenvalue weighted by Gasteiger charge is -2.34. The number of carbonyl (C=O) groups excluding carboxylic acids is 3. The van der Waals surface area contributed by atoms with Crippen molar-refractivity contribution in [2.75, 3.05) is 31.5 Å². The molecule has 0 bridgehead atoms. The van der Waals surface area contributed by atoms with Crippen LogP contribution in [0.25, 0.3) is 11.0 Å². The number of aromatic amines is 1. The van der Waals surface area contributed by atoms with Gasteiger partial charge in [0.2, 0.25) is 5.91 Å². The zero-order chi connectivity index (χ0) is 33.1. The minimum atomic E-state index is -0.836. The van der Waals surface area contributed by atoms with Crippen molar-refractivity contribution in [1.82, 2.24) is 34.9 Å². The van der Waals surface area contributed by atoms with Crippen molar-refractivity contribution in [3.63, 3.8) is 0 Å². The van der Waals surface area contributed by atoms with E-state index in [2.05, 4.69) is 30.6 Å². The van der Waals surface area contributed by atoms with E-state index in [1.54, 1.807) is 17.2 Å². The Kier molecular flexibility index (Phi) is 8.93. The van der Waals surface area contributed by atoms with Crippen LogP contribution >= 0.6 is 0 Å². The molecule has 0 aliphatic carbocycles. The Balaban J connectivity index is 1.04. The minimum absolute atomic E-state index is 0.0676. The number of imide groups is 1. The topological polar surface area (TPSA) is 137 Å². The third-order valence-corrected chi connectivity index (χ3v) is 7.72. The minimum Gasteiger partial charge on any atom is -0.453 e. The molecule has 2 aromatic carbocycles. The summed E-state index contributed by atoms with van der Waals surface area (Å²) in [4.78, 5) is 49.0. The van der Waals surface area contributed by atoms with E-state index in [0.717, 1.165) is 23.1 Å². The third kappa shape index (κ3) is 7.44. The molecule has 1 aliphatic rings. The highest BCUT2D eigenvalue weighted by molar-refractivity contribution is 6.01. The average Bonchev–Trinajstić information content (AvgIpc) is 3.61. The third-order valence-electron chi connectivity index (χ3n) is 7.72. The maximum atomic E-state index is 15.0. The summed E-state index contributed by atoms with van der Waals surface area (Å²) in [5.74, 6) is -1.44. The number of benzene rings is 2. The van der Waals surface area contributed by atoms with Crippen LogP contribution in [0.5, 0.6) is 11.5 Å². The van der Waals surface area contributed by atoms with E-state index >= 15 is 4.39 Å². The smallest absolute Gasteiger partial charge is 0.344 e. The number of anilines is 1. The first-order valence-electron chi connectivity index (χ1n) is 15.0. The quantitative estimate of drug-likeness (QED) is 0.224. The summed E-state index contributed by atoms with van der Waals surface area (Å²) in [6, 6.07) is 13.7. The fourth-order valence-electron chi connectivity index (χ4n) is 5.43. The van der Waals surface area contributed by atoms with Crippen molar-refractivity contribution in [1.29, 1.82) is 0 Å². The first kappa shape index (κ1) is 31.4. The maximum absolute atomic E-state index is 15.0. The molecule has 0 atom stereocenters. The van der Waals surface area contributed by atoms with Crippen molar-refractivity contribution in [2.24, 2.45) is 0 Å². The molecule has 3 N–H and O–H groups in total. The monoisotopic (exact) mass is 642 g/mol. The second kappa shape index (κ2) is 13.4. The molecule has 47 heavy (non-hydrogen) atoms. The van der Waals surface area contributed by atoms with Crippen molar-refractivity contribution < 1.29 is 27.9 Å². The first-order valence-corrected chi connectivity index (χ1v) is 15.0. The lowest BCUT2D eigenvalue weighted by atomic mass is 10.1. The van der Waals surface area contributed by atoms with Gasteiger partial charge in [-0.05, 0) is 61.9 Å². The standard InChI is InChI=1S/C33H32F2N8O4/c1-20-15-21(2)43(40-20)33(46)42-13-11-41(12-14-42)19-25-17-26-28(9-10-36-31(26)37-25)47-29-8-7-24(18-27(29)35)38-32(45)39-30(44)16-22-3-5-23(34)6-4-22/h3-10,15,17-18H,11-14,16,19H2,1-2H3,(H,36,37)(H2,38,39,44,45). The van der Waals surface area contributed by atoms with Gasteiger partial charge in [0.1, 0.15) is 17.2 Å². The lowest BCUT2D eigenvalue weighted by Crippen LogP contribution is -2.49. The number of nitrogens with one attached hydrogen (secondary N) is 3. The number of halogens is 2. The Bertz CT molecular complexity index is 1950. The van der Waals surface area contributed by atoms with Crippen LogP contribution in [0.2, 0.25) is 0 Å². The van der Waals surface area contributed by atoms with Gasteiger partial charge in [0, 0.05) is 62.1 Å². The summed E-state index contributed by atoms with van der Waals surface area (Å²) in [5, 5.41) is 9.55. The number of amides is 4. The summed E-state index contributed by atoms with van der Waals surface area (Å²) in [6.07, 6.45) is 1.43. The van der Waals surface area contributed by atoms with E-state index < -0.39 is 23.6 Å². The number of pyridine rings is 1. The van der Waals surface area contributed by atoms with Crippen LogP contribution in [-0.2, 0) is 17.8 Å². The molecule has 4 amide bonds. The summed E-state index contributed by atoms with van der Waals surface area (Å²) in [6.45, 7) is 6.83. The molecule has 1 fully saturated rings. The molecule has 1 saturated heterocycles. The Hall–Kier alpha value is -5.63. The number of nitrogens with zero attached hydrogens (tertiary/aromatic N) is 5. The van der Waals surface area contributed by atoms with Crippen LogP contribution in [0.1, 0.15) is 22.6 Å². The summed E-state index contributed by atoms with van der Waals surface area (Å²) in [7, 11) is 0. The number of hydrogen-bond donors (Lipinski definition) is 3. The summed E-state index contributed by atoms with van der Waals surface area (Å²) >= 11 is 0. The molecule has 6 rings (SSSR count). The molecule has 0 unspecified atom stereocenters. The van der Waals surface area contributed by atoms with Crippen LogP contribution in [0, 0.1) is 25.5 Å². The fraction of sp³-hybridized carbons (Fsp3) is 0.242. The Morgan fingerprint density at radius 2 is 1.70 bits per heavy atom. The van der Waals surface area contributed by atoms with Crippen molar-refractivity contribution >= 4 is 34.7 Å². The van der Waals surface area contributed by atoms with E-state index in [1.165, 1.54) is 41.1 Å². The number of hydrogen-bond acceptors (Lipinski definition) is 7. The predicted octanol–water partition coefficient (Wildman–Crippen LogP) is 5.12. The second-order valence-electron chi connectivity index (χ2n) is 11.3. The number of ether oxygens (including phenoxy) is 1. The lowest BCUT2D eigenvalue weighted by molar-refractivity contribution is -0.119. The van der Waals surface area contributed by atoms with Crippen molar-refractivity contribution in [3.05, 3.63) is 101 Å². The van der Waals surface area contributed by atoms with Crippen LogP contribution in [0.4, 0.5) is 24.1 Å². The zero-order valence-electron chi connectivity index (χ0n) is 25.7. The zero-order valence-corrected chi connectivity index (χ0v) is 25.7. The highest BCUT2D eigenvalue weighted by Crippen LogP contribution is 2.32. The van der Waals surface area contributed by atoms with E-state index in [-0.39, 0.29) is 23.9 Å². The number of fused-ring (bicyclic) bond motifs is 1. The Morgan fingerprint density at radius 1 is 0.936 bits per heavy atom. The maximum Gasteiger partial charge on any atom is 0.344 e. The second-order valence-corrected chi connectivity index (χ2v) is 11.3. The summed E-state index contributed by atoms with van der Waals surface area (Å²) in [5.41, 5.74) is 3.73. The van der Waals surface area contributed by atoms with Crippen LogP contribution in [-0.4, -0.2) is 73.7 Å². The van der Waals surface area contributed by atoms with E-state index in [0.29, 0.717) is 55.1 Å². The van der Waals surface area contributed by atoms with Crippen LogP contribution < -0.4 is 15.4 Å². The number of H-pyrrole nitrogens is 1. The van der Waals surface area contributed by atoms with Crippen molar-refractivity contribution in [2.45, 2.75) is 26.8 Å². The Labute approximate surface area is 268 Å². The van der Waals surface area contributed by atoms with E-state index in [4.69, 9.17) is 4.74 Å². The van der Waals surface area contributed by atoms with Gasteiger partial charge >= 0.3 is 12.1 Å². The van der Waals surface area contributed by atoms with Gasteiger partial charge in [-0.1, -0.05) is 12.1 Å². The Morgan fingerprint density at radius 3 is 2.40 bits per heavy atom. The van der Waals surface area contributed by atoms with Gasteiger partial charge in [-0.2, -0.15) is 9.78 Å². The fourth-order valence-corrected chi connectivity index (χ4v) is 5.43. The molecular weight excluding hydrogens is 610 g/mol. The molecule has 1 aliphatic heterocycles. The molecule has 3 aromatic heterocycles. The molecular formula is C33H32F2N8O4. The molecule has 0 saturated carbocycles. The molecule has 14 heteroatoms. The van der Waals surface area contributed by atoms with Crippen molar-refractivity contribution in [3.8, 4) is 11.5 Å². The molecule has 4 heterocycles. The summed E-state index contributed by atoms with van der Waals surface area (Å²) < 4.78 is 35.5. The van der Waals surface area contributed by atoms with Gasteiger partial charge in [-0.15, -0.1) is 0 Å². The van der Waals surface area contributed by atoms with Crippen LogP contribution in [0.15, 0.2) is 66.9 Å². The van der Waals surface area contributed by atoms with Gasteiger partial charge in [-0.3, -0.25) is 15.0 Å². The predicted molar refractivity (Wildman–Crippen MR) is 169 cm³/mol. The number of aryl methyl sites for hydroxylation is 2. The van der Waals surface area contributed by atoms with Gasteiger partial charge < -0.3 is 19.9 Å². The number of rotatable bonds is 7. The number of piperazine rings is 1. The number of aromatic nitrogens is 4. The highest BCUT2D eigenvalue weighted by Gasteiger charge is 2.24. The SMILES string of the molecule is Cc1cc(C)n(C(=O)N2CCN(Cc3cc4c(Oc5ccc(NC(=O)NC(=O)Cc6ccc(F)cc6)cc5F)ccnc4[nH]3)CC2)n1. The van der Waals surface area contributed by atoms with Gasteiger partial charge in [-0.25, -0.2) is 23.4 Å². The molecule has 5 aromatic rings. The molecule has 0 radical (unpaired) electrons. The molecule has 0 spiro atoms. The largest absolute Gasteiger partial charge is 0.453 e. The highest BCUT2D eigenvalue weighted by atomic mass is 19.1. The van der Waals surface area contributed by atoms with Gasteiger partial charge in [0.25, 0.3) is 0 Å². The molecule has 12 nitrogen and oxygen atoms in total. The van der Waals surface area contributed by atoms with Crippen LogP contribution in [0.3, 0.4) is 0 Å². The molecule has 242 valence electrons. The van der Waals surface area contributed by atoms with E-state index in [1.807, 2.05) is 26.0 Å². The van der Waals surface area contributed by atoms with Gasteiger partial charge in [0.05, 0.1) is 17.5 Å². The average molecular weight is 643 g/mol. The normalized spacial score (nSPS) is 13.5. The van der Waals surface area contributed by atoms with Gasteiger partial charge in [0.15, 0.2) is 11.6 Å². The number of carbonyl (C=O) groups is 3. The van der Waals surface area contributed by atoms with E-state index in [9.17, 15) is 18.8 Å². The first-order chi connectivity index (χ1) is 22.6.